The SMILES string of the molecule is Cc1ccc(N2CCCN(Cc3cccc(OC(F)(F)F)c3)C2=O)c(NC(=O)Cc2ccc(F)cc2)c1. The summed E-state index contributed by atoms with van der Waals surface area (Å²) < 4.78 is 54.9. The highest BCUT2D eigenvalue weighted by Gasteiger charge is 2.32. The third-order valence-corrected chi connectivity index (χ3v) is 5.81. The molecule has 0 aromatic heterocycles. The Labute approximate surface area is 211 Å². The molecule has 3 aromatic carbocycles. The minimum atomic E-state index is -4.81. The zero-order chi connectivity index (χ0) is 26.6. The molecule has 0 bridgehead atoms. The molecule has 0 aliphatic carbocycles. The molecule has 194 valence electrons. The highest BCUT2D eigenvalue weighted by Crippen LogP contribution is 2.31. The number of alkyl halides is 3. The molecule has 1 fully saturated rings. The molecule has 1 aliphatic heterocycles. The van der Waals surface area contributed by atoms with Crippen LogP contribution in [0, 0.1) is 12.7 Å². The molecule has 1 heterocycles. The number of nitrogens with zero attached hydrogens (tertiary/aromatic N) is 2. The van der Waals surface area contributed by atoms with Crippen molar-refractivity contribution in [3.05, 3.63) is 89.2 Å². The number of urea groups is 1. The predicted octanol–water partition coefficient (Wildman–Crippen LogP) is 6.05. The molecule has 3 aromatic rings. The number of benzene rings is 3. The number of halogens is 4. The maximum atomic E-state index is 13.4. The van der Waals surface area contributed by atoms with Gasteiger partial charge in [0.2, 0.25) is 5.91 Å². The Morgan fingerprint density at radius 2 is 1.76 bits per heavy atom. The van der Waals surface area contributed by atoms with Gasteiger partial charge < -0.3 is 15.0 Å². The minimum absolute atomic E-state index is 0.0318. The van der Waals surface area contributed by atoms with Gasteiger partial charge in [-0.15, -0.1) is 13.2 Å². The van der Waals surface area contributed by atoms with Crippen molar-refractivity contribution < 1.29 is 31.9 Å². The van der Waals surface area contributed by atoms with Crippen molar-refractivity contribution in [1.82, 2.24) is 4.90 Å². The van der Waals surface area contributed by atoms with Crippen LogP contribution in [0.1, 0.15) is 23.1 Å². The summed E-state index contributed by atoms with van der Waals surface area (Å²) in [6.45, 7) is 2.80. The van der Waals surface area contributed by atoms with E-state index in [1.165, 1.54) is 42.5 Å². The number of amides is 3. The van der Waals surface area contributed by atoms with Crippen LogP contribution >= 0.6 is 0 Å². The van der Waals surface area contributed by atoms with Crippen LogP contribution in [0.2, 0.25) is 0 Å². The summed E-state index contributed by atoms with van der Waals surface area (Å²) in [5.41, 5.74) is 2.99. The van der Waals surface area contributed by atoms with Gasteiger partial charge in [-0.3, -0.25) is 9.69 Å². The first-order valence-corrected chi connectivity index (χ1v) is 11.6. The molecule has 0 unspecified atom stereocenters. The van der Waals surface area contributed by atoms with E-state index >= 15 is 0 Å². The summed E-state index contributed by atoms with van der Waals surface area (Å²) in [5.74, 6) is -1.06. The Morgan fingerprint density at radius 3 is 2.49 bits per heavy atom. The van der Waals surface area contributed by atoms with Gasteiger partial charge in [0.25, 0.3) is 0 Å². The van der Waals surface area contributed by atoms with Gasteiger partial charge in [-0.1, -0.05) is 30.3 Å². The van der Waals surface area contributed by atoms with Crippen LogP contribution in [0.3, 0.4) is 0 Å². The molecule has 10 heteroatoms. The Kier molecular flexibility index (Phi) is 7.66. The topological polar surface area (TPSA) is 61.9 Å². The number of carbonyl (C=O) groups excluding carboxylic acids is 2. The van der Waals surface area contributed by atoms with Gasteiger partial charge >= 0.3 is 12.4 Å². The lowest BCUT2D eigenvalue weighted by Gasteiger charge is -2.36. The molecule has 1 saturated heterocycles. The predicted molar refractivity (Wildman–Crippen MR) is 131 cm³/mol. The van der Waals surface area contributed by atoms with Crippen LogP contribution in [-0.4, -0.2) is 36.3 Å². The van der Waals surface area contributed by atoms with Crippen LogP contribution in [0.4, 0.5) is 33.7 Å². The van der Waals surface area contributed by atoms with Crippen LogP contribution in [0.5, 0.6) is 5.75 Å². The Hall–Kier alpha value is -4.08. The van der Waals surface area contributed by atoms with Crippen molar-refractivity contribution in [3.63, 3.8) is 0 Å². The summed E-state index contributed by atoms with van der Waals surface area (Å²) in [6, 6.07) is 16.2. The molecule has 0 atom stereocenters. The highest BCUT2D eigenvalue weighted by molar-refractivity contribution is 6.01. The molecule has 1 aliphatic rings. The Bertz CT molecular complexity index is 1280. The average Bonchev–Trinajstić information content (AvgIpc) is 2.82. The number of anilines is 2. The van der Waals surface area contributed by atoms with Gasteiger partial charge in [-0.25, -0.2) is 9.18 Å². The average molecular weight is 516 g/mol. The van der Waals surface area contributed by atoms with Crippen LogP contribution in [-0.2, 0) is 17.8 Å². The monoisotopic (exact) mass is 515 g/mol. The standard InChI is InChI=1S/C27H25F4N3O3/c1-18-6-11-24(23(14-18)32-25(35)16-19-7-9-21(28)10-8-19)34-13-3-12-33(26(34)36)17-20-4-2-5-22(15-20)37-27(29,30)31/h2,4-11,14-15H,3,12-13,16-17H2,1H3,(H,32,35). The molecule has 6 nitrogen and oxygen atoms in total. The fourth-order valence-corrected chi connectivity index (χ4v) is 4.18. The second-order valence-corrected chi connectivity index (χ2v) is 8.78. The first kappa shape index (κ1) is 26.0. The van der Waals surface area contributed by atoms with Crippen molar-refractivity contribution in [2.75, 3.05) is 23.3 Å². The largest absolute Gasteiger partial charge is 0.573 e. The number of hydrogen-bond acceptors (Lipinski definition) is 3. The molecule has 4 rings (SSSR count). The molecule has 0 radical (unpaired) electrons. The fourth-order valence-electron chi connectivity index (χ4n) is 4.18. The number of carbonyl (C=O) groups is 2. The smallest absolute Gasteiger partial charge is 0.406 e. The van der Waals surface area contributed by atoms with E-state index in [4.69, 9.17) is 0 Å². The number of hydrogen-bond donors (Lipinski definition) is 1. The highest BCUT2D eigenvalue weighted by atomic mass is 19.4. The van der Waals surface area contributed by atoms with E-state index in [-0.39, 0.29) is 30.7 Å². The lowest BCUT2D eigenvalue weighted by atomic mass is 10.1. The van der Waals surface area contributed by atoms with Crippen LogP contribution in [0.25, 0.3) is 0 Å². The normalized spacial score (nSPS) is 14.0. The Balaban J connectivity index is 1.50. The fraction of sp³-hybridized carbons (Fsp3) is 0.259. The van der Waals surface area contributed by atoms with Crippen molar-refractivity contribution in [2.24, 2.45) is 0 Å². The maximum absolute atomic E-state index is 13.4. The molecule has 0 saturated carbocycles. The summed E-state index contributed by atoms with van der Waals surface area (Å²) in [5, 5.41) is 2.86. The van der Waals surface area contributed by atoms with E-state index in [1.54, 1.807) is 28.0 Å². The van der Waals surface area contributed by atoms with Gasteiger partial charge in [0.05, 0.1) is 17.8 Å². The quantitative estimate of drug-likeness (QED) is 0.390. The first-order valence-electron chi connectivity index (χ1n) is 11.6. The summed E-state index contributed by atoms with van der Waals surface area (Å²) in [7, 11) is 0. The van der Waals surface area contributed by atoms with Gasteiger partial charge in [0, 0.05) is 19.6 Å². The van der Waals surface area contributed by atoms with E-state index < -0.39 is 12.2 Å². The molecule has 1 N–H and O–H groups in total. The summed E-state index contributed by atoms with van der Waals surface area (Å²) in [6.07, 6.45) is -4.15. The number of aryl methyl sites for hydroxylation is 1. The second kappa shape index (κ2) is 10.9. The molecular formula is C27H25F4N3O3. The number of ether oxygens (including phenoxy) is 1. The van der Waals surface area contributed by atoms with Crippen LogP contribution < -0.4 is 15.0 Å². The summed E-state index contributed by atoms with van der Waals surface area (Å²) >= 11 is 0. The molecule has 37 heavy (non-hydrogen) atoms. The van der Waals surface area contributed by atoms with E-state index in [0.717, 1.165) is 5.56 Å². The lowest BCUT2D eigenvalue weighted by Crippen LogP contribution is -2.49. The number of rotatable bonds is 7. The van der Waals surface area contributed by atoms with Crippen molar-refractivity contribution >= 4 is 23.3 Å². The molecule has 3 amide bonds. The van der Waals surface area contributed by atoms with E-state index in [9.17, 15) is 27.2 Å². The van der Waals surface area contributed by atoms with Gasteiger partial charge in [-0.2, -0.15) is 0 Å². The Morgan fingerprint density at radius 1 is 1.00 bits per heavy atom. The zero-order valence-corrected chi connectivity index (χ0v) is 20.0. The second-order valence-electron chi connectivity index (χ2n) is 8.78. The van der Waals surface area contributed by atoms with Crippen LogP contribution in [0.15, 0.2) is 66.7 Å². The van der Waals surface area contributed by atoms with Gasteiger partial charge in [-0.05, 0) is 66.4 Å². The maximum Gasteiger partial charge on any atom is 0.573 e. The van der Waals surface area contributed by atoms with E-state index in [1.807, 2.05) is 13.0 Å². The lowest BCUT2D eigenvalue weighted by molar-refractivity contribution is -0.274. The third-order valence-electron chi connectivity index (χ3n) is 5.81. The zero-order valence-electron chi connectivity index (χ0n) is 20.0. The van der Waals surface area contributed by atoms with E-state index in [0.29, 0.717) is 42.0 Å². The first-order chi connectivity index (χ1) is 17.6. The third kappa shape index (κ3) is 6.99. The number of nitrogens with one attached hydrogen (secondary N) is 1. The molecule has 0 spiro atoms. The van der Waals surface area contributed by atoms with Crippen molar-refractivity contribution in [1.29, 1.82) is 0 Å². The van der Waals surface area contributed by atoms with Crippen molar-refractivity contribution in [3.8, 4) is 5.75 Å². The van der Waals surface area contributed by atoms with Gasteiger partial charge in [0.1, 0.15) is 11.6 Å². The minimum Gasteiger partial charge on any atom is -0.406 e. The van der Waals surface area contributed by atoms with Crippen molar-refractivity contribution in [2.45, 2.75) is 32.7 Å². The molecular weight excluding hydrogens is 490 g/mol. The van der Waals surface area contributed by atoms with Gasteiger partial charge in [0.15, 0.2) is 0 Å². The van der Waals surface area contributed by atoms with E-state index in [2.05, 4.69) is 10.1 Å². The summed E-state index contributed by atoms with van der Waals surface area (Å²) in [4.78, 5) is 29.2.